The molecule has 0 aliphatic rings. The van der Waals surface area contributed by atoms with Crippen LogP contribution in [0.1, 0.15) is 39.0 Å². The van der Waals surface area contributed by atoms with Crippen LogP contribution < -0.4 is 0 Å². The molecule has 73 valence electrons. The summed E-state index contributed by atoms with van der Waals surface area (Å²) in [6.45, 7) is 5.68. The molecule has 0 aliphatic carbocycles. The molecule has 0 heterocycles. The summed E-state index contributed by atoms with van der Waals surface area (Å²) in [5, 5.41) is 0. The highest BCUT2D eigenvalue weighted by molar-refractivity contribution is 4.47. The van der Waals surface area contributed by atoms with E-state index in [1.165, 1.54) is 25.7 Å². The number of methoxy groups -OCH3 is 1. The molecule has 0 rings (SSSR count). The zero-order valence-electron chi connectivity index (χ0n) is 8.34. The minimum Gasteiger partial charge on any atom is -0.381 e. The van der Waals surface area contributed by atoms with E-state index in [0.717, 1.165) is 19.6 Å². The monoisotopic (exact) mass is 173 g/mol. The van der Waals surface area contributed by atoms with E-state index in [0.29, 0.717) is 0 Å². The standard InChI is InChI=1S/C10H21O2/c1-3-4-5-6-9-12-10-7-8-11-2/h8H,3-7,9-10H2,1-2H3. The maximum Gasteiger partial charge on any atom is 0.0855 e. The Bertz CT molecular complexity index is 64.2. The second-order valence-corrected chi connectivity index (χ2v) is 2.86. The van der Waals surface area contributed by atoms with Crippen molar-refractivity contribution in [2.24, 2.45) is 0 Å². The van der Waals surface area contributed by atoms with Crippen LogP contribution in [0.2, 0.25) is 0 Å². The van der Waals surface area contributed by atoms with Gasteiger partial charge in [-0.2, -0.15) is 0 Å². The molecule has 0 unspecified atom stereocenters. The molecule has 0 saturated heterocycles. The van der Waals surface area contributed by atoms with Crippen molar-refractivity contribution in [1.29, 1.82) is 0 Å². The molecule has 0 bridgehead atoms. The van der Waals surface area contributed by atoms with Gasteiger partial charge in [-0.1, -0.05) is 26.2 Å². The van der Waals surface area contributed by atoms with Crippen molar-refractivity contribution in [3.8, 4) is 0 Å². The topological polar surface area (TPSA) is 18.5 Å². The van der Waals surface area contributed by atoms with Gasteiger partial charge < -0.3 is 9.47 Å². The van der Waals surface area contributed by atoms with Crippen LogP contribution in [0.25, 0.3) is 0 Å². The fourth-order valence-electron chi connectivity index (χ4n) is 0.982. The molecule has 0 aliphatic heterocycles. The summed E-state index contributed by atoms with van der Waals surface area (Å²) in [6, 6.07) is 0. The second kappa shape index (κ2) is 10.9. The van der Waals surface area contributed by atoms with Gasteiger partial charge in [0.25, 0.3) is 0 Å². The first-order valence-corrected chi connectivity index (χ1v) is 4.84. The summed E-state index contributed by atoms with van der Waals surface area (Å²) in [5.74, 6) is 0. The molecule has 12 heavy (non-hydrogen) atoms. The average Bonchev–Trinajstić information content (AvgIpc) is 2.10. The molecule has 0 aromatic heterocycles. The predicted octanol–water partition coefficient (Wildman–Crippen LogP) is 2.78. The quantitative estimate of drug-likeness (QED) is 0.499. The van der Waals surface area contributed by atoms with Crippen LogP contribution in [0, 0.1) is 6.61 Å². The van der Waals surface area contributed by atoms with Gasteiger partial charge in [-0.25, -0.2) is 0 Å². The zero-order chi connectivity index (χ0) is 9.07. The first-order chi connectivity index (χ1) is 5.91. The summed E-state index contributed by atoms with van der Waals surface area (Å²) in [7, 11) is 1.67. The van der Waals surface area contributed by atoms with Gasteiger partial charge in [0.2, 0.25) is 0 Å². The fraction of sp³-hybridized carbons (Fsp3) is 0.900. The van der Waals surface area contributed by atoms with Crippen LogP contribution in [0.3, 0.4) is 0 Å². The molecule has 0 amide bonds. The molecule has 1 radical (unpaired) electrons. The van der Waals surface area contributed by atoms with Crippen molar-refractivity contribution in [3.63, 3.8) is 0 Å². The van der Waals surface area contributed by atoms with Crippen LogP contribution >= 0.6 is 0 Å². The Balaban J connectivity index is 2.73. The van der Waals surface area contributed by atoms with Crippen LogP contribution in [-0.2, 0) is 9.47 Å². The first kappa shape index (κ1) is 11.9. The van der Waals surface area contributed by atoms with Crippen molar-refractivity contribution < 1.29 is 9.47 Å². The minimum absolute atomic E-state index is 0.792. The molecule has 2 heteroatoms. The maximum absolute atomic E-state index is 5.37. The molecule has 0 atom stereocenters. The van der Waals surface area contributed by atoms with Gasteiger partial charge in [-0.05, 0) is 12.8 Å². The Hall–Kier alpha value is -0.0800. The Morgan fingerprint density at radius 2 is 1.92 bits per heavy atom. The van der Waals surface area contributed by atoms with E-state index in [4.69, 9.17) is 9.47 Å². The van der Waals surface area contributed by atoms with E-state index in [-0.39, 0.29) is 0 Å². The van der Waals surface area contributed by atoms with E-state index < -0.39 is 0 Å². The Labute approximate surface area is 76.3 Å². The van der Waals surface area contributed by atoms with Gasteiger partial charge in [0.1, 0.15) is 0 Å². The smallest absolute Gasteiger partial charge is 0.0855 e. The number of hydrogen-bond donors (Lipinski definition) is 0. The Kier molecular flexibility index (Phi) is 10.8. The summed E-state index contributed by atoms with van der Waals surface area (Å²) in [5.41, 5.74) is 0. The summed E-state index contributed by atoms with van der Waals surface area (Å²) >= 11 is 0. The largest absolute Gasteiger partial charge is 0.381 e. The van der Waals surface area contributed by atoms with Crippen molar-refractivity contribution in [2.75, 3.05) is 20.3 Å². The maximum atomic E-state index is 5.37. The third kappa shape index (κ3) is 9.92. The number of unbranched alkanes of at least 4 members (excludes halogenated alkanes) is 3. The van der Waals surface area contributed by atoms with E-state index in [1.807, 2.05) is 0 Å². The van der Waals surface area contributed by atoms with Crippen molar-refractivity contribution in [2.45, 2.75) is 39.0 Å². The molecule has 0 aromatic rings. The average molecular weight is 173 g/mol. The van der Waals surface area contributed by atoms with Crippen LogP contribution in [-0.4, -0.2) is 20.3 Å². The fourth-order valence-corrected chi connectivity index (χ4v) is 0.982. The molecule has 0 fully saturated rings. The molecule has 0 saturated carbocycles. The highest BCUT2D eigenvalue weighted by atomic mass is 16.5. The van der Waals surface area contributed by atoms with Crippen molar-refractivity contribution in [3.05, 3.63) is 6.61 Å². The Morgan fingerprint density at radius 3 is 2.58 bits per heavy atom. The third-order valence-electron chi connectivity index (χ3n) is 1.69. The van der Waals surface area contributed by atoms with Gasteiger partial charge in [0.15, 0.2) is 0 Å². The molecule has 0 aromatic carbocycles. The third-order valence-corrected chi connectivity index (χ3v) is 1.69. The minimum atomic E-state index is 0.792. The van der Waals surface area contributed by atoms with Gasteiger partial charge in [0, 0.05) is 20.3 Å². The second-order valence-electron chi connectivity index (χ2n) is 2.86. The molecular weight excluding hydrogens is 152 g/mol. The molecule has 0 spiro atoms. The lowest BCUT2D eigenvalue weighted by molar-refractivity contribution is 0.118. The van der Waals surface area contributed by atoms with Gasteiger partial charge >= 0.3 is 0 Å². The lowest BCUT2D eigenvalue weighted by Crippen LogP contribution is -1.97. The van der Waals surface area contributed by atoms with Gasteiger partial charge in [-0.3, -0.25) is 0 Å². The molecule has 0 N–H and O–H groups in total. The highest BCUT2D eigenvalue weighted by Crippen LogP contribution is 1.99. The SMILES string of the molecule is CCCCCCOCC[CH]OC. The van der Waals surface area contributed by atoms with E-state index in [2.05, 4.69) is 6.92 Å². The zero-order valence-corrected chi connectivity index (χ0v) is 8.34. The van der Waals surface area contributed by atoms with Crippen molar-refractivity contribution >= 4 is 0 Å². The van der Waals surface area contributed by atoms with Crippen LogP contribution in [0.4, 0.5) is 0 Å². The lowest BCUT2D eigenvalue weighted by atomic mass is 10.2. The number of hydrogen-bond acceptors (Lipinski definition) is 2. The van der Waals surface area contributed by atoms with E-state index >= 15 is 0 Å². The van der Waals surface area contributed by atoms with E-state index in [9.17, 15) is 0 Å². The summed E-state index contributed by atoms with van der Waals surface area (Å²) < 4.78 is 10.2. The highest BCUT2D eigenvalue weighted by Gasteiger charge is 1.89. The predicted molar refractivity (Wildman–Crippen MR) is 50.9 cm³/mol. The molecule has 2 nitrogen and oxygen atoms in total. The Morgan fingerprint density at radius 1 is 1.08 bits per heavy atom. The van der Waals surface area contributed by atoms with Crippen LogP contribution in [0.5, 0.6) is 0 Å². The van der Waals surface area contributed by atoms with Crippen LogP contribution in [0.15, 0.2) is 0 Å². The first-order valence-electron chi connectivity index (χ1n) is 4.84. The number of ether oxygens (including phenoxy) is 2. The lowest BCUT2D eigenvalue weighted by Gasteiger charge is -2.02. The molecular formula is C10H21O2. The van der Waals surface area contributed by atoms with Crippen molar-refractivity contribution in [1.82, 2.24) is 0 Å². The van der Waals surface area contributed by atoms with E-state index in [1.54, 1.807) is 13.7 Å². The number of rotatable bonds is 9. The summed E-state index contributed by atoms with van der Waals surface area (Å²) in [4.78, 5) is 0. The summed E-state index contributed by atoms with van der Waals surface area (Å²) in [6.07, 6.45) is 6.00. The normalized spacial score (nSPS) is 10.5. The van der Waals surface area contributed by atoms with Gasteiger partial charge in [-0.15, -0.1) is 0 Å². The van der Waals surface area contributed by atoms with Gasteiger partial charge in [0.05, 0.1) is 6.61 Å².